The highest BCUT2D eigenvalue weighted by Crippen LogP contribution is 2.39. The highest BCUT2D eigenvalue weighted by Gasteiger charge is 2.43. The van der Waals surface area contributed by atoms with Gasteiger partial charge < -0.3 is 10.6 Å². The summed E-state index contributed by atoms with van der Waals surface area (Å²) in [5.74, 6) is 0.621. The van der Waals surface area contributed by atoms with Crippen LogP contribution in [0.15, 0.2) is 5.38 Å². The molecule has 2 unspecified atom stereocenters. The zero-order valence-electron chi connectivity index (χ0n) is 13.5. The van der Waals surface area contributed by atoms with Crippen molar-refractivity contribution in [3.8, 4) is 0 Å². The molecule has 3 nitrogen and oxygen atoms in total. The Bertz CT molecular complexity index is 431. The number of rotatable bonds is 4. The van der Waals surface area contributed by atoms with Crippen LogP contribution >= 0.6 is 11.3 Å². The molecule has 2 rings (SSSR count). The molecule has 2 atom stereocenters. The van der Waals surface area contributed by atoms with Gasteiger partial charge in [-0.25, -0.2) is 4.98 Å². The molecule has 20 heavy (non-hydrogen) atoms. The van der Waals surface area contributed by atoms with Gasteiger partial charge in [0.2, 0.25) is 0 Å². The molecule has 114 valence electrons. The Kier molecular flexibility index (Phi) is 4.88. The lowest BCUT2D eigenvalue weighted by atomic mass is 9.77. The monoisotopic (exact) mass is 295 g/mol. The molecule has 2 heterocycles. The van der Waals surface area contributed by atoms with Gasteiger partial charge in [-0.3, -0.25) is 0 Å². The predicted molar refractivity (Wildman–Crippen MR) is 87.4 cm³/mol. The number of hydrogen-bond acceptors (Lipinski definition) is 4. The third-order valence-electron chi connectivity index (χ3n) is 4.42. The lowest BCUT2D eigenvalue weighted by molar-refractivity contribution is 0.151. The fourth-order valence-electron chi connectivity index (χ4n) is 3.16. The van der Waals surface area contributed by atoms with Gasteiger partial charge in [0.05, 0.1) is 11.2 Å². The summed E-state index contributed by atoms with van der Waals surface area (Å²) in [7, 11) is 0. The molecular weight excluding hydrogens is 266 g/mol. The van der Waals surface area contributed by atoms with Crippen molar-refractivity contribution in [2.45, 2.75) is 58.4 Å². The van der Waals surface area contributed by atoms with Gasteiger partial charge in [-0.05, 0) is 31.8 Å². The van der Waals surface area contributed by atoms with E-state index in [1.54, 1.807) is 0 Å². The Labute approximate surface area is 127 Å². The molecule has 0 aliphatic carbocycles. The third-order valence-corrected chi connectivity index (χ3v) is 5.44. The highest BCUT2D eigenvalue weighted by molar-refractivity contribution is 7.09. The van der Waals surface area contributed by atoms with E-state index in [0.717, 1.165) is 26.1 Å². The van der Waals surface area contributed by atoms with E-state index in [-0.39, 0.29) is 11.0 Å². The average Bonchev–Trinajstić information content (AvgIpc) is 2.89. The Balaban J connectivity index is 2.38. The van der Waals surface area contributed by atoms with Crippen LogP contribution in [0.3, 0.4) is 0 Å². The van der Waals surface area contributed by atoms with Crippen LogP contribution < -0.4 is 10.6 Å². The van der Waals surface area contributed by atoms with Crippen molar-refractivity contribution >= 4 is 11.3 Å². The van der Waals surface area contributed by atoms with Crippen LogP contribution in [0.25, 0.3) is 0 Å². The lowest BCUT2D eigenvalue weighted by Crippen LogP contribution is -2.56. The normalized spacial score (nSPS) is 27.8. The first-order valence-corrected chi connectivity index (χ1v) is 8.74. The van der Waals surface area contributed by atoms with E-state index in [2.05, 4.69) is 50.6 Å². The maximum absolute atomic E-state index is 5.02. The summed E-state index contributed by atoms with van der Waals surface area (Å²) >= 11 is 1.84. The van der Waals surface area contributed by atoms with Crippen molar-refractivity contribution in [1.29, 1.82) is 0 Å². The van der Waals surface area contributed by atoms with Crippen LogP contribution in [0.5, 0.6) is 0 Å². The first-order chi connectivity index (χ1) is 9.44. The molecule has 0 radical (unpaired) electrons. The molecule has 1 saturated heterocycles. The molecule has 0 spiro atoms. The number of thiazole rings is 1. The van der Waals surface area contributed by atoms with Gasteiger partial charge in [-0.2, -0.15) is 0 Å². The summed E-state index contributed by atoms with van der Waals surface area (Å²) < 4.78 is 0. The molecule has 0 amide bonds. The minimum atomic E-state index is 0.0723. The number of aromatic nitrogens is 1. The lowest BCUT2D eigenvalue weighted by Gasteiger charge is -2.43. The molecular formula is C16H29N3S. The fraction of sp³-hybridized carbons (Fsp3) is 0.812. The third kappa shape index (κ3) is 2.92. The van der Waals surface area contributed by atoms with Crippen LogP contribution in [0, 0.1) is 5.92 Å². The van der Waals surface area contributed by atoms with Crippen molar-refractivity contribution < 1.29 is 0 Å². The van der Waals surface area contributed by atoms with Crippen molar-refractivity contribution in [1.82, 2.24) is 15.6 Å². The van der Waals surface area contributed by atoms with Gasteiger partial charge in [0.15, 0.2) is 0 Å². The minimum Gasteiger partial charge on any atom is -0.316 e. The first-order valence-electron chi connectivity index (χ1n) is 7.86. The molecule has 0 aromatic carbocycles. The zero-order chi connectivity index (χ0) is 14.8. The molecule has 1 aromatic rings. The maximum atomic E-state index is 5.02. The van der Waals surface area contributed by atoms with E-state index in [4.69, 9.17) is 4.98 Å². The Morgan fingerprint density at radius 2 is 2.20 bits per heavy atom. The molecule has 4 heteroatoms. The van der Waals surface area contributed by atoms with Gasteiger partial charge in [0, 0.05) is 17.3 Å². The van der Waals surface area contributed by atoms with Gasteiger partial charge >= 0.3 is 0 Å². The van der Waals surface area contributed by atoms with E-state index in [1.807, 2.05) is 11.3 Å². The second-order valence-electron chi connectivity index (χ2n) is 6.85. The summed E-state index contributed by atoms with van der Waals surface area (Å²) in [5, 5.41) is 10.9. The topological polar surface area (TPSA) is 37.0 Å². The first kappa shape index (κ1) is 15.9. The van der Waals surface area contributed by atoms with Gasteiger partial charge in [0.25, 0.3) is 0 Å². The SMILES string of the molecule is CCNC1(c2nc(C(C)(C)C)cs2)CCNCC1CC. The van der Waals surface area contributed by atoms with Crippen LogP contribution in [-0.4, -0.2) is 24.6 Å². The molecule has 1 fully saturated rings. The van der Waals surface area contributed by atoms with Crippen molar-refractivity contribution in [2.75, 3.05) is 19.6 Å². The van der Waals surface area contributed by atoms with Crippen LogP contribution in [-0.2, 0) is 11.0 Å². The van der Waals surface area contributed by atoms with Crippen molar-refractivity contribution in [3.05, 3.63) is 16.1 Å². The van der Waals surface area contributed by atoms with E-state index in [9.17, 15) is 0 Å². The Morgan fingerprint density at radius 1 is 1.45 bits per heavy atom. The minimum absolute atomic E-state index is 0.0723. The van der Waals surface area contributed by atoms with Crippen molar-refractivity contribution in [3.63, 3.8) is 0 Å². The molecule has 2 N–H and O–H groups in total. The zero-order valence-corrected chi connectivity index (χ0v) is 14.4. The van der Waals surface area contributed by atoms with E-state index >= 15 is 0 Å². The molecule has 0 bridgehead atoms. The predicted octanol–water partition coefficient (Wildman–Crippen LogP) is 3.26. The largest absolute Gasteiger partial charge is 0.316 e. The summed E-state index contributed by atoms with van der Waals surface area (Å²) in [4.78, 5) is 5.02. The second kappa shape index (κ2) is 6.12. The fourth-order valence-corrected chi connectivity index (χ4v) is 4.49. The number of hydrogen-bond donors (Lipinski definition) is 2. The summed E-state index contributed by atoms with van der Waals surface area (Å²) in [6, 6.07) is 0. The van der Waals surface area contributed by atoms with E-state index in [0.29, 0.717) is 5.92 Å². The van der Waals surface area contributed by atoms with Crippen LogP contribution in [0.2, 0.25) is 0 Å². The molecule has 1 aromatic heterocycles. The van der Waals surface area contributed by atoms with Crippen molar-refractivity contribution in [2.24, 2.45) is 5.92 Å². The quantitative estimate of drug-likeness (QED) is 0.895. The number of nitrogens with zero attached hydrogens (tertiary/aromatic N) is 1. The Morgan fingerprint density at radius 3 is 2.75 bits per heavy atom. The summed E-state index contributed by atoms with van der Waals surface area (Å²) in [5.41, 5.74) is 1.43. The smallest absolute Gasteiger partial charge is 0.113 e. The molecule has 0 saturated carbocycles. The summed E-state index contributed by atoms with van der Waals surface area (Å²) in [6.45, 7) is 14.4. The second-order valence-corrected chi connectivity index (χ2v) is 7.71. The number of piperidine rings is 1. The van der Waals surface area contributed by atoms with E-state index < -0.39 is 0 Å². The Hall–Kier alpha value is -0.450. The summed E-state index contributed by atoms with van der Waals surface area (Å²) in [6.07, 6.45) is 2.32. The highest BCUT2D eigenvalue weighted by atomic mass is 32.1. The van der Waals surface area contributed by atoms with E-state index in [1.165, 1.54) is 17.1 Å². The van der Waals surface area contributed by atoms with Crippen LogP contribution in [0.4, 0.5) is 0 Å². The maximum Gasteiger partial charge on any atom is 0.113 e. The standard InChI is InChI=1S/C16H29N3S/c1-6-12-10-17-9-8-16(12,18-7-2)14-19-13(11-20-14)15(3,4)5/h11-12,17-18H,6-10H2,1-5H3. The van der Waals surface area contributed by atoms with Gasteiger partial charge in [-0.1, -0.05) is 34.6 Å². The molecule has 1 aliphatic heterocycles. The van der Waals surface area contributed by atoms with Gasteiger partial charge in [0.1, 0.15) is 5.01 Å². The average molecular weight is 295 g/mol. The number of nitrogens with one attached hydrogen (secondary N) is 2. The van der Waals surface area contributed by atoms with Gasteiger partial charge in [-0.15, -0.1) is 11.3 Å². The van der Waals surface area contributed by atoms with Crippen LogP contribution in [0.1, 0.15) is 58.2 Å². The molecule has 1 aliphatic rings.